The summed E-state index contributed by atoms with van der Waals surface area (Å²) < 4.78 is 0. The van der Waals surface area contributed by atoms with E-state index < -0.39 is 0 Å². The van der Waals surface area contributed by atoms with E-state index in [9.17, 15) is 0 Å². The van der Waals surface area contributed by atoms with Gasteiger partial charge in [-0.25, -0.2) is 0 Å². The Hall–Kier alpha value is -4.34. The van der Waals surface area contributed by atoms with E-state index in [-0.39, 0.29) is 5.41 Å². The molecule has 0 aliphatic heterocycles. The standard InChI is InChI=1S/C35H35N3/c1-25-22-32(26-12-7-5-8-13-26)34(33(23-25)27-14-9-6-10-15-27)38(31-17-11-16-29(24-31)37-36)30-20-18-28(19-21-30)35(2,3)4/h5-24,37H,36H2,1-4H3. The van der Waals surface area contributed by atoms with Gasteiger partial charge in [0.2, 0.25) is 0 Å². The van der Waals surface area contributed by atoms with E-state index in [4.69, 9.17) is 5.84 Å². The van der Waals surface area contributed by atoms with E-state index in [0.29, 0.717) is 0 Å². The quantitative estimate of drug-likeness (QED) is 0.181. The van der Waals surface area contributed by atoms with Crippen molar-refractivity contribution in [3.63, 3.8) is 0 Å². The van der Waals surface area contributed by atoms with Crippen LogP contribution in [0.5, 0.6) is 0 Å². The Morgan fingerprint density at radius 3 is 1.66 bits per heavy atom. The lowest BCUT2D eigenvalue weighted by atomic mass is 9.87. The van der Waals surface area contributed by atoms with Crippen molar-refractivity contribution in [2.75, 3.05) is 10.3 Å². The molecule has 0 aliphatic rings. The van der Waals surface area contributed by atoms with E-state index in [1.54, 1.807) is 0 Å². The molecule has 3 heteroatoms. The van der Waals surface area contributed by atoms with Crippen LogP contribution in [0.1, 0.15) is 31.9 Å². The Bertz CT molecular complexity index is 1460. The molecule has 0 aliphatic carbocycles. The number of benzene rings is 5. The predicted octanol–water partition coefficient (Wildman–Crippen LogP) is 9.38. The highest BCUT2D eigenvalue weighted by molar-refractivity contribution is 5.98. The molecule has 0 amide bonds. The van der Waals surface area contributed by atoms with Crippen LogP contribution in [-0.4, -0.2) is 0 Å². The maximum Gasteiger partial charge on any atom is 0.0618 e. The van der Waals surface area contributed by atoms with Gasteiger partial charge in [0.1, 0.15) is 0 Å². The first-order valence-corrected chi connectivity index (χ1v) is 13.1. The summed E-state index contributed by atoms with van der Waals surface area (Å²) in [5.41, 5.74) is 14.2. The van der Waals surface area contributed by atoms with Crippen molar-refractivity contribution < 1.29 is 0 Å². The van der Waals surface area contributed by atoms with Gasteiger partial charge < -0.3 is 10.3 Å². The third-order valence-electron chi connectivity index (χ3n) is 6.91. The minimum atomic E-state index is 0.0704. The van der Waals surface area contributed by atoms with E-state index in [2.05, 4.69) is 147 Å². The maximum absolute atomic E-state index is 5.86. The molecule has 0 bridgehead atoms. The summed E-state index contributed by atoms with van der Waals surface area (Å²) in [5.74, 6) is 5.86. The zero-order valence-electron chi connectivity index (χ0n) is 22.6. The summed E-state index contributed by atoms with van der Waals surface area (Å²) in [5, 5.41) is 0. The van der Waals surface area contributed by atoms with Crippen molar-refractivity contribution in [3.8, 4) is 22.3 Å². The molecule has 0 saturated carbocycles. The maximum atomic E-state index is 5.86. The minimum absolute atomic E-state index is 0.0704. The topological polar surface area (TPSA) is 41.3 Å². The van der Waals surface area contributed by atoms with E-state index in [1.165, 1.54) is 33.4 Å². The molecular weight excluding hydrogens is 462 g/mol. The molecule has 0 radical (unpaired) electrons. The number of nitrogen functional groups attached to an aromatic ring is 1. The molecular formula is C35H35N3. The average Bonchev–Trinajstić information content (AvgIpc) is 2.94. The first-order chi connectivity index (χ1) is 18.3. The van der Waals surface area contributed by atoms with Gasteiger partial charge >= 0.3 is 0 Å². The molecule has 0 unspecified atom stereocenters. The van der Waals surface area contributed by atoms with Gasteiger partial charge in [0.15, 0.2) is 0 Å². The summed E-state index contributed by atoms with van der Waals surface area (Å²) in [6.07, 6.45) is 0. The number of anilines is 4. The molecule has 5 aromatic carbocycles. The predicted molar refractivity (Wildman–Crippen MR) is 163 cm³/mol. The largest absolute Gasteiger partial charge is 0.324 e. The fourth-order valence-electron chi connectivity index (χ4n) is 4.95. The fourth-order valence-corrected chi connectivity index (χ4v) is 4.95. The molecule has 0 fully saturated rings. The molecule has 0 heterocycles. The van der Waals surface area contributed by atoms with Crippen molar-refractivity contribution in [1.82, 2.24) is 0 Å². The lowest BCUT2D eigenvalue weighted by Gasteiger charge is -2.31. The first kappa shape index (κ1) is 25.3. The van der Waals surface area contributed by atoms with Crippen LogP contribution in [0, 0.1) is 6.92 Å². The molecule has 0 atom stereocenters. The summed E-state index contributed by atoms with van der Waals surface area (Å²) in [6, 6.07) is 43.1. The van der Waals surface area contributed by atoms with Crippen molar-refractivity contribution in [3.05, 3.63) is 132 Å². The molecule has 5 rings (SSSR count). The molecule has 0 saturated heterocycles. The SMILES string of the molecule is Cc1cc(-c2ccccc2)c(N(c2ccc(C(C)(C)C)cc2)c2cccc(NN)c2)c(-c2ccccc2)c1. The first-order valence-electron chi connectivity index (χ1n) is 13.1. The number of hydrogen-bond acceptors (Lipinski definition) is 3. The van der Waals surface area contributed by atoms with E-state index >= 15 is 0 Å². The lowest BCUT2D eigenvalue weighted by Crippen LogP contribution is -2.15. The summed E-state index contributed by atoms with van der Waals surface area (Å²) in [6.45, 7) is 8.91. The number of hydrazine groups is 1. The number of aryl methyl sites for hydroxylation is 1. The molecule has 3 N–H and O–H groups in total. The van der Waals surface area contributed by atoms with Gasteiger partial charge in [-0.15, -0.1) is 0 Å². The second kappa shape index (κ2) is 10.6. The molecule has 3 nitrogen and oxygen atoms in total. The highest BCUT2D eigenvalue weighted by Gasteiger charge is 2.23. The van der Waals surface area contributed by atoms with Crippen LogP contribution in [0.3, 0.4) is 0 Å². The number of nitrogens with two attached hydrogens (primary N) is 1. The monoisotopic (exact) mass is 497 g/mol. The molecule has 5 aromatic rings. The van der Waals surface area contributed by atoms with Gasteiger partial charge in [-0.3, -0.25) is 5.84 Å². The fraction of sp³-hybridized carbons (Fsp3) is 0.143. The van der Waals surface area contributed by atoms with Crippen LogP contribution in [0.15, 0.2) is 121 Å². The van der Waals surface area contributed by atoms with Crippen LogP contribution in [-0.2, 0) is 5.41 Å². The summed E-state index contributed by atoms with van der Waals surface area (Å²) in [7, 11) is 0. The number of nitrogens with zero attached hydrogens (tertiary/aromatic N) is 1. The van der Waals surface area contributed by atoms with Crippen LogP contribution < -0.4 is 16.2 Å². The van der Waals surface area contributed by atoms with Crippen molar-refractivity contribution in [2.24, 2.45) is 5.84 Å². The Labute approximate surface area is 226 Å². The number of hydrogen-bond donors (Lipinski definition) is 2. The Kier molecular flexibility index (Phi) is 7.04. The van der Waals surface area contributed by atoms with Gasteiger partial charge in [-0.05, 0) is 77.1 Å². The summed E-state index contributed by atoms with van der Waals surface area (Å²) >= 11 is 0. The Morgan fingerprint density at radius 1 is 0.605 bits per heavy atom. The Balaban J connectivity index is 1.85. The molecule has 38 heavy (non-hydrogen) atoms. The zero-order valence-corrected chi connectivity index (χ0v) is 22.6. The van der Waals surface area contributed by atoms with Crippen molar-refractivity contribution in [2.45, 2.75) is 33.1 Å². The second-order valence-electron chi connectivity index (χ2n) is 10.8. The normalized spacial score (nSPS) is 11.3. The number of rotatable bonds is 6. The molecule has 190 valence electrons. The van der Waals surface area contributed by atoms with Crippen molar-refractivity contribution >= 4 is 22.7 Å². The van der Waals surface area contributed by atoms with Crippen LogP contribution in [0.2, 0.25) is 0 Å². The van der Waals surface area contributed by atoms with Crippen LogP contribution >= 0.6 is 0 Å². The highest BCUT2D eigenvalue weighted by Crippen LogP contribution is 2.47. The van der Waals surface area contributed by atoms with Gasteiger partial charge in [-0.2, -0.15) is 0 Å². The second-order valence-corrected chi connectivity index (χ2v) is 10.8. The van der Waals surface area contributed by atoms with E-state index in [0.717, 1.165) is 22.7 Å². The van der Waals surface area contributed by atoms with Crippen molar-refractivity contribution in [1.29, 1.82) is 0 Å². The van der Waals surface area contributed by atoms with Gasteiger partial charge in [0.25, 0.3) is 0 Å². The third-order valence-corrected chi connectivity index (χ3v) is 6.91. The van der Waals surface area contributed by atoms with Gasteiger partial charge in [-0.1, -0.05) is 99.6 Å². The zero-order chi connectivity index (χ0) is 26.7. The Morgan fingerprint density at radius 2 is 1.16 bits per heavy atom. The van der Waals surface area contributed by atoms with Crippen LogP contribution in [0.25, 0.3) is 22.3 Å². The van der Waals surface area contributed by atoms with Gasteiger partial charge in [0, 0.05) is 22.5 Å². The molecule has 0 spiro atoms. The minimum Gasteiger partial charge on any atom is -0.324 e. The smallest absolute Gasteiger partial charge is 0.0618 e. The number of nitrogens with one attached hydrogen (secondary N) is 1. The van der Waals surface area contributed by atoms with Gasteiger partial charge in [0.05, 0.1) is 11.4 Å². The summed E-state index contributed by atoms with van der Waals surface area (Å²) in [4.78, 5) is 2.36. The average molecular weight is 498 g/mol. The van der Waals surface area contributed by atoms with Crippen LogP contribution in [0.4, 0.5) is 22.7 Å². The highest BCUT2D eigenvalue weighted by atomic mass is 15.2. The molecule has 0 aromatic heterocycles. The van der Waals surface area contributed by atoms with E-state index in [1.807, 2.05) is 12.1 Å². The lowest BCUT2D eigenvalue weighted by molar-refractivity contribution is 0.590. The third kappa shape index (κ3) is 5.20.